The molecule has 0 radical (unpaired) electrons. The summed E-state index contributed by atoms with van der Waals surface area (Å²) in [6.45, 7) is 50.3. The van der Waals surface area contributed by atoms with Crippen LogP contribution in [0.4, 0.5) is 13.2 Å². The van der Waals surface area contributed by atoms with Gasteiger partial charge < -0.3 is 4.18 Å². The minimum Gasteiger partial charge on any atom is -0.375 e. The summed E-state index contributed by atoms with van der Waals surface area (Å²) in [4.78, 5) is 16.5. The van der Waals surface area contributed by atoms with E-state index in [9.17, 15) is 8.42 Å². The number of fused-ring (bicyclic) bond motifs is 11. The Hall–Kier alpha value is -10.9. The molecular weight excluding hydrogens is 1550 g/mol. The normalized spacial score (nSPS) is 14.4. The Labute approximate surface area is 718 Å². The van der Waals surface area contributed by atoms with Crippen LogP contribution in [0.5, 0.6) is 5.75 Å². The molecule has 8 heteroatoms. The van der Waals surface area contributed by atoms with Crippen molar-refractivity contribution in [2.24, 2.45) is 0 Å². The molecule has 0 aliphatic heterocycles. The van der Waals surface area contributed by atoms with Crippen LogP contribution in [-0.2, 0) is 42.6 Å². The summed E-state index contributed by atoms with van der Waals surface area (Å²) in [5.41, 5.74) is -1.08. The fraction of sp³-hybridized carbons (Fsp3) is 0.319. The van der Waals surface area contributed by atoms with E-state index >= 15 is 18.0 Å². The van der Waals surface area contributed by atoms with E-state index in [4.69, 9.17) is 4.18 Å². The molecule has 0 bridgehead atoms. The second-order valence-electron chi connectivity index (χ2n) is 44.1. The van der Waals surface area contributed by atoms with Crippen molar-refractivity contribution < 1.29 is 25.8 Å². The predicted molar refractivity (Wildman–Crippen MR) is 534 cm³/mol. The van der Waals surface area contributed by atoms with Crippen molar-refractivity contribution in [1.82, 2.24) is 0 Å². The quantitative estimate of drug-likeness (QED) is 0.0500. The molecule has 0 aromatic heterocycles. The molecule has 0 fully saturated rings. The first kappa shape index (κ1) is 76.7. The van der Waals surface area contributed by atoms with Crippen molar-refractivity contribution in [2.75, 3.05) is 0 Å². The van der Waals surface area contributed by atoms with E-state index in [-0.39, 0.29) is 27.4 Å². The minimum atomic E-state index is -6.37. The first-order valence-electron chi connectivity index (χ1n) is 45.7. The van der Waals surface area contributed by atoms with Gasteiger partial charge in [-0.3, -0.25) is 4.79 Å². The Morgan fingerprint density at radius 2 is 0.411 bits per heavy atom. The van der Waals surface area contributed by atoms with E-state index < -0.39 is 31.9 Å². The van der Waals surface area contributed by atoms with E-state index in [0.29, 0.717) is 32.3 Å². The molecule has 26 rings (SSSR count). The van der Waals surface area contributed by atoms with E-state index in [1.165, 1.54) is 122 Å². The molecule has 124 heavy (non-hydrogen) atoms. The van der Waals surface area contributed by atoms with Crippen LogP contribution < -0.4 is 9.61 Å². The van der Waals surface area contributed by atoms with E-state index in [0.717, 1.165) is 200 Å². The average molecular weight is 1650 g/mol. The summed E-state index contributed by atoms with van der Waals surface area (Å²) in [6, 6.07) is 48.3. The van der Waals surface area contributed by atoms with E-state index in [1.54, 1.807) is 6.07 Å². The maximum atomic E-state index is 16.5. The number of benzene rings is 25. The summed E-state index contributed by atoms with van der Waals surface area (Å²) in [7, 11) is -6.37. The predicted octanol–water partition coefficient (Wildman–Crippen LogP) is 35.2. The molecule has 0 saturated heterocycles. The lowest BCUT2D eigenvalue weighted by Crippen LogP contribution is -2.28. The van der Waals surface area contributed by atoms with Gasteiger partial charge in [-0.05, 0) is 366 Å². The van der Waals surface area contributed by atoms with Crippen molar-refractivity contribution in [3.05, 3.63) is 171 Å². The van der Waals surface area contributed by atoms with Crippen molar-refractivity contribution in [3.8, 4) is 5.75 Å². The Balaban J connectivity index is 0.000000676. The van der Waals surface area contributed by atoms with Crippen LogP contribution in [0.25, 0.3) is 269 Å². The van der Waals surface area contributed by atoms with E-state index in [1.807, 2.05) is 6.07 Å². The Kier molecular flexibility index (Phi) is 14.7. The molecule has 618 valence electrons. The largest absolute Gasteiger partial charge is 0.534 e. The second-order valence-corrected chi connectivity index (χ2v) is 45.6. The first-order valence-corrected chi connectivity index (χ1v) is 47.1. The molecule has 26 aromatic rings. The zero-order valence-corrected chi connectivity index (χ0v) is 76.3. The highest BCUT2D eigenvalue weighted by Gasteiger charge is 2.50. The molecule has 4 nitrogen and oxygen atoms in total. The van der Waals surface area contributed by atoms with Gasteiger partial charge in [0.2, 0.25) is 0 Å². The summed E-state index contributed by atoms with van der Waals surface area (Å²) in [5.74, 6) is -0.362. The average Bonchev–Trinajstić information content (AvgIpc) is 0.729. The highest BCUT2D eigenvalue weighted by molar-refractivity contribution is 7.88. The van der Waals surface area contributed by atoms with Gasteiger partial charge in [0, 0.05) is 48.5 Å². The van der Waals surface area contributed by atoms with Crippen LogP contribution >= 0.6 is 0 Å². The maximum Gasteiger partial charge on any atom is 0.534 e. The minimum absolute atomic E-state index is 0.0252. The van der Waals surface area contributed by atoms with Crippen LogP contribution in [0, 0.1) is 0 Å². The lowest BCUT2D eigenvalue weighted by atomic mass is 9.67. The van der Waals surface area contributed by atoms with Crippen molar-refractivity contribution in [1.29, 1.82) is 0 Å². The number of unbranched alkanes of at least 4 members (excludes halogenated alkanes) is 6. The molecule has 0 amide bonds. The number of hydrogen-bond acceptors (Lipinski definition) is 4. The highest BCUT2D eigenvalue weighted by atomic mass is 32.2. The smallest absolute Gasteiger partial charge is 0.375 e. The van der Waals surface area contributed by atoms with Crippen molar-refractivity contribution in [2.45, 2.75) is 242 Å². The monoisotopic (exact) mass is 1650 g/mol. The van der Waals surface area contributed by atoms with Crippen LogP contribution in [0.15, 0.2) is 132 Å². The first-order chi connectivity index (χ1) is 58.5. The van der Waals surface area contributed by atoms with Gasteiger partial charge in [0.1, 0.15) is 0 Å². The molecule has 0 aliphatic carbocycles. The number of alkyl halides is 3. The van der Waals surface area contributed by atoms with Gasteiger partial charge in [0.25, 0.3) is 0 Å². The van der Waals surface area contributed by atoms with Crippen LogP contribution in [0.2, 0.25) is 0 Å². The summed E-state index contributed by atoms with van der Waals surface area (Å²) < 4.78 is 84.0. The van der Waals surface area contributed by atoms with Crippen molar-refractivity contribution in [3.63, 3.8) is 0 Å². The lowest BCUT2D eigenvalue weighted by molar-refractivity contribution is -0.0499. The SMILES string of the molecule is CC(C)(C)c1cc2c3cc(C(C)(C)C)cc4c5cc(C(C)(C)C)cc6c5c5c(c34)c3c2c(c1)c1cc(C(C)(C)C)cc2c4cc(OS(=O)(=O)C(F)(F)F)c7c8ccc9c%10cc(C(C)(C)C)cc%11c%12cccc%13c(=O)c%14cccc%15c%16cc(C(C)(C)C)cc%17c%16c%16c(c%14%15)c(c%13%12)c(c%11%10)c%10c9c8c8c(c%17c6c6c8c7c4c(c3c12)c56)c%16%10.CCCCCC.CCCCCC. The van der Waals surface area contributed by atoms with Crippen LogP contribution in [0.1, 0.15) is 237 Å². The van der Waals surface area contributed by atoms with Gasteiger partial charge in [0.15, 0.2) is 11.2 Å². The Morgan fingerprint density at radius 3 is 0.685 bits per heavy atom. The third-order valence-corrected chi connectivity index (χ3v) is 31.3. The molecule has 0 N–H and O–H groups in total. The zero-order valence-electron chi connectivity index (χ0n) is 75.5. The van der Waals surface area contributed by atoms with Crippen LogP contribution in [-0.4, -0.2) is 13.9 Å². The van der Waals surface area contributed by atoms with E-state index in [2.05, 4.69) is 268 Å². The standard InChI is InChI=1S/C104H75F3O4S.2C6H14/c1-98(2,3)40-27-52-46-21-19-23-50-66(46)80-81-67-47(22-20-24-51(67)97(50)108)53-29-44(102(13,14)15)37-63-72(53)86(81)94-89-75-48(54(28-40)68(52)84(80)89)25-26-49-74-65(111-112(109,110)104(105,106)107)39-62-61-35-43(101(10,11)12)33-58-57-31-41(99(4,5)6)30-55-56-32-42(100(7,8)9)34-59-60-36-45(103(16,17)18)38-64-73(60)87-83(70(56)59)82(69(55)57)85(71(58)61)91-77(62)88(74)96-90(76(49)75)92(94)78(63)79(64)93(96)95(87)91;2*1-3-5-6-4-2/h19-39H,1-18H3;2*3-6H2,1-2H3. The highest BCUT2D eigenvalue weighted by Crippen LogP contribution is 2.69. The van der Waals surface area contributed by atoms with Gasteiger partial charge >= 0.3 is 15.6 Å². The maximum absolute atomic E-state index is 16.5. The molecule has 0 heterocycles. The lowest BCUT2D eigenvalue weighted by Gasteiger charge is -2.35. The van der Waals surface area contributed by atoms with Crippen molar-refractivity contribution >= 4 is 279 Å². The van der Waals surface area contributed by atoms with Gasteiger partial charge in [0.05, 0.1) is 0 Å². The second kappa shape index (κ2) is 23.8. The molecular formula is C116H103F3O4S. The number of halogens is 3. The van der Waals surface area contributed by atoms with Crippen LogP contribution in [0.3, 0.4) is 0 Å². The number of hydrogen-bond donors (Lipinski definition) is 0. The third kappa shape index (κ3) is 9.22. The molecule has 0 aliphatic rings. The van der Waals surface area contributed by atoms with Gasteiger partial charge in [-0.2, -0.15) is 21.6 Å². The molecule has 0 saturated carbocycles. The number of rotatable bonds is 8. The summed E-state index contributed by atoms with van der Waals surface area (Å²) in [6.07, 6.45) is 11.1. The molecule has 0 atom stereocenters. The third-order valence-electron chi connectivity index (χ3n) is 30.4. The fourth-order valence-electron chi connectivity index (χ4n) is 24.4. The van der Waals surface area contributed by atoms with Gasteiger partial charge in [-0.15, -0.1) is 0 Å². The Morgan fingerprint density at radius 1 is 0.226 bits per heavy atom. The molecule has 0 unspecified atom stereocenters. The molecule has 0 spiro atoms. The summed E-state index contributed by atoms with van der Waals surface area (Å²) >= 11 is 0. The zero-order chi connectivity index (χ0) is 86.7. The topological polar surface area (TPSA) is 60.4 Å². The van der Waals surface area contributed by atoms with Gasteiger partial charge in [-0.1, -0.05) is 252 Å². The Bertz CT molecular complexity index is 9220. The molecule has 26 aromatic carbocycles. The fourth-order valence-corrected chi connectivity index (χ4v) is 24.9. The summed E-state index contributed by atoms with van der Waals surface area (Å²) in [5, 5.41) is 50.5. The van der Waals surface area contributed by atoms with Gasteiger partial charge in [-0.25, -0.2) is 0 Å².